The largest absolute Gasteiger partial charge is 0.479 e. The van der Waals surface area contributed by atoms with Gasteiger partial charge in [-0.05, 0) is 23.8 Å². The van der Waals surface area contributed by atoms with Crippen molar-refractivity contribution in [2.75, 3.05) is 0 Å². The second-order valence-electron chi connectivity index (χ2n) is 6.28. The number of fused-ring (bicyclic) bond motifs is 1. The Bertz CT molecular complexity index is 1200. The molecule has 5 heteroatoms. The Morgan fingerprint density at radius 3 is 2.29 bits per heavy atom. The maximum Gasteiger partial charge on any atom is 0.333 e. The van der Waals surface area contributed by atoms with Crippen LogP contribution in [0.3, 0.4) is 0 Å². The van der Waals surface area contributed by atoms with Crippen molar-refractivity contribution in [3.05, 3.63) is 101 Å². The van der Waals surface area contributed by atoms with E-state index in [1.165, 1.54) is 0 Å². The summed E-state index contributed by atoms with van der Waals surface area (Å²) in [5.74, 6) is -0.421. The fourth-order valence-corrected chi connectivity index (χ4v) is 3.21. The van der Waals surface area contributed by atoms with Crippen LogP contribution >= 0.6 is 11.6 Å². The van der Waals surface area contributed by atoms with E-state index in [-0.39, 0.29) is 0 Å². The van der Waals surface area contributed by atoms with Crippen molar-refractivity contribution in [2.45, 2.75) is 6.04 Å². The molecule has 0 aliphatic heterocycles. The van der Waals surface area contributed by atoms with Gasteiger partial charge in [-0.15, -0.1) is 0 Å². The maximum absolute atomic E-state index is 11.9. The minimum atomic E-state index is -1.03. The van der Waals surface area contributed by atoms with Crippen LogP contribution in [0.1, 0.15) is 11.6 Å². The smallest absolute Gasteiger partial charge is 0.333 e. The normalized spacial score (nSPS) is 12.8. The molecule has 0 amide bonds. The van der Waals surface area contributed by atoms with E-state index in [4.69, 9.17) is 16.0 Å². The standard InChI is InChI=1S/C23H16ClNO3/c24-17-11-12-20-18(13-17)19(14-21(28-20)15-7-3-1-4-8-15)25-22(23(26)27)16-9-5-2-6-10-16/h1-14,22H,(H,26,27). The second kappa shape index (κ2) is 7.71. The molecule has 0 fully saturated rings. The lowest BCUT2D eigenvalue weighted by atomic mass is 10.1. The second-order valence-corrected chi connectivity index (χ2v) is 6.72. The van der Waals surface area contributed by atoms with E-state index in [1.54, 1.807) is 48.5 Å². The van der Waals surface area contributed by atoms with Gasteiger partial charge in [-0.25, -0.2) is 4.79 Å². The molecule has 4 aromatic rings. The average molecular weight is 390 g/mol. The summed E-state index contributed by atoms with van der Waals surface area (Å²) in [4.78, 5) is 16.5. The molecule has 1 heterocycles. The molecule has 28 heavy (non-hydrogen) atoms. The zero-order chi connectivity index (χ0) is 19.5. The molecule has 0 saturated carbocycles. The minimum absolute atomic E-state index is 0.513. The zero-order valence-electron chi connectivity index (χ0n) is 14.7. The summed E-state index contributed by atoms with van der Waals surface area (Å²) in [5.41, 5.74) is 2.07. The highest BCUT2D eigenvalue weighted by molar-refractivity contribution is 6.31. The summed E-state index contributed by atoms with van der Waals surface area (Å²) in [6, 6.07) is 24.5. The van der Waals surface area contributed by atoms with E-state index < -0.39 is 12.0 Å². The number of nitrogens with zero attached hydrogens (tertiary/aromatic N) is 1. The number of carboxylic acids is 1. The van der Waals surface area contributed by atoms with Gasteiger partial charge in [0, 0.05) is 22.0 Å². The summed E-state index contributed by atoms with van der Waals surface area (Å²) in [6.45, 7) is 0. The molecule has 1 N–H and O–H groups in total. The van der Waals surface area contributed by atoms with E-state index in [2.05, 4.69) is 4.99 Å². The third kappa shape index (κ3) is 3.68. The number of carbonyl (C=O) groups is 1. The van der Waals surface area contributed by atoms with Crippen LogP contribution in [0.2, 0.25) is 5.02 Å². The number of aliphatic carboxylic acids is 1. The molecule has 4 rings (SSSR count). The van der Waals surface area contributed by atoms with Crippen LogP contribution in [0.5, 0.6) is 0 Å². The predicted molar refractivity (Wildman–Crippen MR) is 109 cm³/mol. The molecule has 1 aromatic heterocycles. The van der Waals surface area contributed by atoms with Crippen LogP contribution in [-0.4, -0.2) is 11.1 Å². The van der Waals surface area contributed by atoms with Crippen molar-refractivity contribution in [3.8, 4) is 11.3 Å². The number of hydrogen-bond donors (Lipinski definition) is 1. The molecular formula is C23H16ClNO3. The van der Waals surface area contributed by atoms with Gasteiger partial charge >= 0.3 is 5.97 Å². The van der Waals surface area contributed by atoms with Gasteiger partial charge in [0.1, 0.15) is 11.3 Å². The molecule has 1 atom stereocenters. The van der Waals surface area contributed by atoms with Gasteiger partial charge in [0.25, 0.3) is 0 Å². The van der Waals surface area contributed by atoms with Crippen molar-refractivity contribution >= 4 is 28.5 Å². The Hall–Kier alpha value is -3.37. The lowest BCUT2D eigenvalue weighted by molar-refractivity contribution is -0.138. The summed E-state index contributed by atoms with van der Waals surface area (Å²) in [7, 11) is 0. The molecule has 1 unspecified atom stereocenters. The molecule has 3 aromatic carbocycles. The number of halogens is 1. The Balaban J connectivity index is 1.99. The highest BCUT2D eigenvalue weighted by Crippen LogP contribution is 2.25. The zero-order valence-corrected chi connectivity index (χ0v) is 15.5. The Morgan fingerprint density at radius 1 is 0.929 bits per heavy atom. The molecule has 0 spiro atoms. The summed E-state index contributed by atoms with van der Waals surface area (Å²) < 4.78 is 6.03. The van der Waals surface area contributed by atoms with Crippen molar-refractivity contribution in [1.82, 2.24) is 0 Å². The van der Waals surface area contributed by atoms with Gasteiger partial charge in [0.15, 0.2) is 6.04 Å². The third-order valence-corrected chi connectivity index (χ3v) is 4.62. The third-order valence-electron chi connectivity index (χ3n) is 4.38. The van der Waals surface area contributed by atoms with Crippen molar-refractivity contribution in [1.29, 1.82) is 0 Å². The monoisotopic (exact) mass is 389 g/mol. The number of rotatable bonds is 4. The minimum Gasteiger partial charge on any atom is -0.479 e. The maximum atomic E-state index is 11.9. The van der Waals surface area contributed by atoms with E-state index in [0.717, 1.165) is 5.56 Å². The number of benzene rings is 3. The Kier molecular flexibility index (Phi) is 4.96. The van der Waals surface area contributed by atoms with E-state index >= 15 is 0 Å². The summed E-state index contributed by atoms with van der Waals surface area (Å²) >= 11 is 6.16. The highest BCUT2D eigenvalue weighted by Gasteiger charge is 2.18. The van der Waals surface area contributed by atoms with Gasteiger partial charge in [0.2, 0.25) is 0 Å². The molecule has 0 aliphatic carbocycles. The molecule has 0 saturated heterocycles. The highest BCUT2D eigenvalue weighted by atomic mass is 35.5. The van der Waals surface area contributed by atoms with Crippen molar-refractivity contribution in [2.24, 2.45) is 4.99 Å². The first kappa shape index (κ1) is 18.0. The van der Waals surface area contributed by atoms with Crippen LogP contribution < -0.4 is 5.36 Å². The fraction of sp³-hybridized carbons (Fsp3) is 0.0435. The van der Waals surface area contributed by atoms with Gasteiger partial charge in [-0.2, -0.15) is 0 Å². The summed E-state index contributed by atoms with van der Waals surface area (Å²) in [5, 5.41) is 11.5. The first-order chi connectivity index (χ1) is 13.6. The lowest BCUT2D eigenvalue weighted by Gasteiger charge is -2.09. The van der Waals surface area contributed by atoms with Crippen LogP contribution in [-0.2, 0) is 4.79 Å². The van der Waals surface area contributed by atoms with Gasteiger partial charge in [0.05, 0.1) is 5.36 Å². The lowest BCUT2D eigenvalue weighted by Crippen LogP contribution is -2.15. The van der Waals surface area contributed by atoms with Crippen LogP contribution in [0.15, 0.2) is 94.3 Å². The first-order valence-corrected chi connectivity index (χ1v) is 9.10. The molecule has 0 bridgehead atoms. The molecule has 4 nitrogen and oxygen atoms in total. The van der Waals surface area contributed by atoms with E-state index in [0.29, 0.717) is 32.7 Å². The SMILES string of the molecule is O=C(O)C(N=c1cc(-c2ccccc2)oc2ccc(Cl)cc12)c1ccccc1. The van der Waals surface area contributed by atoms with Crippen molar-refractivity contribution < 1.29 is 14.3 Å². The molecule has 0 aliphatic rings. The fourth-order valence-electron chi connectivity index (χ4n) is 3.04. The van der Waals surface area contributed by atoms with E-state index in [9.17, 15) is 9.90 Å². The Morgan fingerprint density at radius 2 is 1.61 bits per heavy atom. The molecule has 138 valence electrons. The number of carboxylic acid groups (broad SMARTS) is 1. The Labute approximate surface area is 166 Å². The van der Waals surface area contributed by atoms with E-state index in [1.807, 2.05) is 36.4 Å². The molecule has 0 radical (unpaired) electrons. The van der Waals surface area contributed by atoms with Gasteiger partial charge < -0.3 is 9.52 Å². The van der Waals surface area contributed by atoms with Gasteiger partial charge in [-0.3, -0.25) is 4.99 Å². The average Bonchev–Trinajstić information content (AvgIpc) is 2.73. The van der Waals surface area contributed by atoms with Crippen LogP contribution in [0, 0.1) is 0 Å². The van der Waals surface area contributed by atoms with Crippen molar-refractivity contribution in [3.63, 3.8) is 0 Å². The topological polar surface area (TPSA) is 62.8 Å². The van der Waals surface area contributed by atoms with Crippen LogP contribution in [0.4, 0.5) is 0 Å². The first-order valence-electron chi connectivity index (χ1n) is 8.72. The van der Waals surface area contributed by atoms with Gasteiger partial charge in [-0.1, -0.05) is 72.3 Å². The van der Waals surface area contributed by atoms with Crippen LogP contribution in [0.25, 0.3) is 22.3 Å². The summed E-state index contributed by atoms with van der Waals surface area (Å²) in [6.07, 6.45) is 0. The quantitative estimate of drug-likeness (QED) is 0.502. The molecular weight excluding hydrogens is 374 g/mol. The predicted octanol–water partition coefficient (Wildman–Crippen LogP) is 5.48. The number of hydrogen-bond acceptors (Lipinski definition) is 3.